The number of halogens is 2. The first kappa shape index (κ1) is 24.4. The van der Waals surface area contributed by atoms with E-state index in [0.717, 1.165) is 26.9 Å². The molecular formula is C26H22BrClN2O3S. The average Bonchev–Trinajstić information content (AvgIpc) is 3.16. The van der Waals surface area contributed by atoms with Crippen LogP contribution >= 0.6 is 39.3 Å². The van der Waals surface area contributed by atoms with Gasteiger partial charge in [-0.3, -0.25) is 4.79 Å². The average molecular weight is 558 g/mol. The molecule has 0 aromatic heterocycles. The van der Waals surface area contributed by atoms with E-state index in [-0.39, 0.29) is 5.91 Å². The van der Waals surface area contributed by atoms with E-state index in [1.807, 2.05) is 80.6 Å². The molecule has 0 atom stereocenters. The van der Waals surface area contributed by atoms with Crippen LogP contribution in [0.3, 0.4) is 0 Å². The Hall–Kier alpha value is -2.74. The van der Waals surface area contributed by atoms with Crippen molar-refractivity contribution in [2.75, 3.05) is 6.61 Å². The van der Waals surface area contributed by atoms with E-state index in [0.29, 0.717) is 39.8 Å². The Morgan fingerprint density at radius 2 is 1.76 bits per heavy atom. The van der Waals surface area contributed by atoms with Crippen molar-refractivity contribution in [3.63, 3.8) is 0 Å². The largest absolute Gasteiger partial charge is 0.490 e. The number of thioether (sulfide) groups is 1. The highest BCUT2D eigenvalue weighted by atomic mass is 79.9. The van der Waals surface area contributed by atoms with Crippen molar-refractivity contribution in [3.8, 4) is 11.5 Å². The van der Waals surface area contributed by atoms with Crippen molar-refractivity contribution in [1.82, 2.24) is 5.32 Å². The Balaban J connectivity index is 1.55. The Bertz CT molecular complexity index is 1260. The van der Waals surface area contributed by atoms with E-state index in [2.05, 4.69) is 26.2 Å². The van der Waals surface area contributed by atoms with Gasteiger partial charge in [0.2, 0.25) is 0 Å². The Labute approximate surface area is 216 Å². The minimum atomic E-state index is -0.191. The van der Waals surface area contributed by atoms with E-state index in [4.69, 9.17) is 21.1 Å². The SMILES string of the molecule is CCOc1cc(/C=C2/SC(=Nc3ccc(C)cc3)NC2=O)c(Br)cc1OCc1ccc(Cl)cc1. The lowest BCUT2D eigenvalue weighted by Crippen LogP contribution is -2.19. The van der Waals surface area contributed by atoms with Crippen LogP contribution in [0.25, 0.3) is 6.08 Å². The van der Waals surface area contributed by atoms with Crippen LogP contribution in [0.15, 0.2) is 75.0 Å². The number of rotatable bonds is 7. The van der Waals surface area contributed by atoms with E-state index in [1.54, 1.807) is 0 Å². The molecule has 0 spiro atoms. The maximum Gasteiger partial charge on any atom is 0.264 e. The maximum atomic E-state index is 12.5. The topological polar surface area (TPSA) is 59.9 Å². The molecule has 1 N–H and O–H groups in total. The number of aryl methyl sites for hydroxylation is 1. The van der Waals surface area contributed by atoms with Gasteiger partial charge in [0.05, 0.1) is 17.2 Å². The molecule has 0 radical (unpaired) electrons. The molecule has 0 saturated carbocycles. The second-order valence-corrected chi connectivity index (χ2v) is 9.81. The van der Waals surface area contributed by atoms with Crippen LogP contribution < -0.4 is 14.8 Å². The second-order valence-electron chi connectivity index (χ2n) is 7.49. The normalized spacial score (nSPS) is 15.6. The quantitative estimate of drug-likeness (QED) is 0.310. The van der Waals surface area contributed by atoms with Gasteiger partial charge in [-0.15, -0.1) is 0 Å². The Morgan fingerprint density at radius 1 is 1.06 bits per heavy atom. The molecule has 8 heteroatoms. The van der Waals surface area contributed by atoms with E-state index in [9.17, 15) is 4.79 Å². The van der Waals surface area contributed by atoms with Crippen molar-refractivity contribution < 1.29 is 14.3 Å². The first-order valence-electron chi connectivity index (χ1n) is 10.6. The minimum Gasteiger partial charge on any atom is -0.490 e. The molecule has 1 aliphatic heterocycles. The molecule has 0 unspecified atom stereocenters. The lowest BCUT2D eigenvalue weighted by molar-refractivity contribution is -0.115. The zero-order valence-electron chi connectivity index (χ0n) is 18.6. The summed E-state index contributed by atoms with van der Waals surface area (Å²) in [5.74, 6) is 1.02. The van der Waals surface area contributed by atoms with Crippen LogP contribution in [0.2, 0.25) is 5.02 Å². The fourth-order valence-corrected chi connectivity index (χ4v) is 4.54. The van der Waals surface area contributed by atoms with Gasteiger partial charge >= 0.3 is 0 Å². The highest BCUT2D eigenvalue weighted by Crippen LogP contribution is 2.37. The predicted octanol–water partition coefficient (Wildman–Crippen LogP) is 7.28. The number of amides is 1. The number of aliphatic imine (C=N–C) groups is 1. The van der Waals surface area contributed by atoms with Gasteiger partial charge in [0.15, 0.2) is 16.7 Å². The number of ether oxygens (including phenoxy) is 2. The molecular weight excluding hydrogens is 536 g/mol. The first-order chi connectivity index (χ1) is 16.4. The molecule has 1 heterocycles. The summed E-state index contributed by atoms with van der Waals surface area (Å²) in [6.07, 6.45) is 1.81. The summed E-state index contributed by atoms with van der Waals surface area (Å²) in [5, 5.41) is 4.05. The molecule has 0 aliphatic carbocycles. The number of hydrogen-bond donors (Lipinski definition) is 1. The molecule has 1 aliphatic rings. The monoisotopic (exact) mass is 556 g/mol. The number of carbonyl (C=O) groups is 1. The van der Waals surface area contributed by atoms with Gasteiger partial charge in [-0.25, -0.2) is 4.99 Å². The van der Waals surface area contributed by atoms with Crippen molar-refractivity contribution in [2.45, 2.75) is 20.5 Å². The molecule has 34 heavy (non-hydrogen) atoms. The third-order valence-corrected chi connectivity index (χ3v) is 6.72. The highest BCUT2D eigenvalue weighted by molar-refractivity contribution is 9.10. The number of amidine groups is 1. The summed E-state index contributed by atoms with van der Waals surface area (Å²) in [5.41, 5.74) is 3.74. The van der Waals surface area contributed by atoms with Crippen LogP contribution in [-0.4, -0.2) is 17.7 Å². The zero-order chi connectivity index (χ0) is 24.1. The van der Waals surface area contributed by atoms with Crippen molar-refractivity contribution in [2.24, 2.45) is 4.99 Å². The first-order valence-corrected chi connectivity index (χ1v) is 12.6. The van der Waals surface area contributed by atoms with Crippen LogP contribution in [0, 0.1) is 6.92 Å². The molecule has 4 rings (SSSR count). The van der Waals surface area contributed by atoms with Gasteiger partial charge in [0.25, 0.3) is 5.91 Å². The van der Waals surface area contributed by atoms with Crippen molar-refractivity contribution in [1.29, 1.82) is 0 Å². The fourth-order valence-electron chi connectivity index (χ4n) is 3.14. The number of nitrogens with one attached hydrogen (secondary N) is 1. The van der Waals surface area contributed by atoms with Gasteiger partial charge in [0.1, 0.15) is 6.61 Å². The van der Waals surface area contributed by atoms with Crippen LogP contribution in [0.1, 0.15) is 23.6 Å². The van der Waals surface area contributed by atoms with Gasteiger partial charge in [-0.05, 0) is 79.2 Å². The summed E-state index contributed by atoms with van der Waals surface area (Å²) >= 11 is 10.9. The Kier molecular flexibility index (Phi) is 7.98. The fraction of sp³-hybridized carbons (Fsp3) is 0.154. The molecule has 0 bridgehead atoms. The summed E-state index contributed by atoms with van der Waals surface area (Å²) in [6.45, 7) is 4.79. The molecule has 174 valence electrons. The smallest absolute Gasteiger partial charge is 0.264 e. The van der Waals surface area contributed by atoms with Crippen LogP contribution in [-0.2, 0) is 11.4 Å². The standard InChI is InChI=1S/C26H22BrClN2O3S/c1-3-32-22-12-18(21(27)14-23(22)33-15-17-6-8-19(28)9-7-17)13-24-25(31)30-26(34-24)29-20-10-4-16(2)5-11-20/h4-14H,3,15H2,1-2H3,(H,29,30,31)/b24-13+. The third-order valence-electron chi connectivity index (χ3n) is 4.87. The van der Waals surface area contributed by atoms with Gasteiger partial charge < -0.3 is 14.8 Å². The van der Waals surface area contributed by atoms with Gasteiger partial charge in [0, 0.05) is 9.50 Å². The maximum absolute atomic E-state index is 12.5. The van der Waals surface area contributed by atoms with E-state index >= 15 is 0 Å². The van der Waals surface area contributed by atoms with Crippen molar-refractivity contribution in [3.05, 3.63) is 91.8 Å². The van der Waals surface area contributed by atoms with Crippen LogP contribution in [0.4, 0.5) is 5.69 Å². The number of hydrogen-bond acceptors (Lipinski definition) is 5. The number of nitrogens with zero attached hydrogens (tertiary/aromatic N) is 1. The molecule has 3 aromatic carbocycles. The summed E-state index contributed by atoms with van der Waals surface area (Å²) in [7, 11) is 0. The zero-order valence-corrected chi connectivity index (χ0v) is 21.8. The summed E-state index contributed by atoms with van der Waals surface area (Å²) in [4.78, 5) is 17.6. The molecule has 3 aromatic rings. The molecule has 1 fully saturated rings. The lowest BCUT2D eigenvalue weighted by Gasteiger charge is -2.14. The van der Waals surface area contributed by atoms with E-state index in [1.165, 1.54) is 11.8 Å². The lowest BCUT2D eigenvalue weighted by atomic mass is 10.1. The predicted molar refractivity (Wildman–Crippen MR) is 143 cm³/mol. The number of benzene rings is 3. The molecule has 5 nitrogen and oxygen atoms in total. The Morgan fingerprint density at radius 3 is 2.47 bits per heavy atom. The molecule has 1 saturated heterocycles. The van der Waals surface area contributed by atoms with E-state index < -0.39 is 0 Å². The molecule has 1 amide bonds. The summed E-state index contributed by atoms with van der Waals surface area (Å²) in [6, 6.07) is 19.0. The second kappa shape index (κ2) is 11.1. The third kappa shape index (κ3) is 6.23. The highest BCUT2D eigenvalue weighted by Gasteiger charge is 2.24. The van der Waals surface area contributed by atoms with Gasteiger partial charge in [-0.2, -0.15) is 0 Å². The minimum absolute atomic E-state index is 0.191. The number of carbonyl (C=O) groups excluding carboxylic acids is 1. The summed E-state index contributed by atoms with van der Waals surface area (Å²) < 4.78 is 12.6. The van der Waals surface area contributed by atoms with Crippen LogP contribution in [0.5, 0.6) is 11.5 Å². The van der Waals surface area contributed by atoms with Gasteiger partial charge in [-0.1, -0.05) is 57.4 Å². The van der Waals surface area contributed by atoms with Crippen molar-refractivity contribution >= 4 is 62.1 Å².